The molecular weight excluding hydrogens is 310 g/mol. The van der Waals surface area contributed by atoms with E-state index in [1.807, 2.05) is 0 Å². The van der Waals surface area contributed by atoms with Crippen molar-refractivity contribution in [3.05, 3.63) is 50.6 Å². The van der Waals surface area contributed by atoms with Crippen LogP contribution >= 0.6 is 27.3 Å². The van der Waals surface area contributed by atoms with Gasteiger partial charge in [-0.15, -0.1) is 11.3 Å². The zero-order valence-electron chi connectivity index (χ0n) is 10.3. The first-order chi connectivity index (χ1) is 8.79. The monoisotopic (exact) mass is 325 g/mol. The summed E-state index contributed by atoms with van der Waals surface area (Å²) in [6.45, 7) is 1.61. The van der Waals surface area contributed by atoms with Gasteiger partial charge in [-0.3, -0.25) is 0 Å². The van der Waals surface area contributed by atoms with E-state index in [4.69, 9.17) is 4.74 Å². The van der Waals surface area contributed by atoms with Crippen LogP contribution in [0, 0.1) is 0 Å². The van der Waals surface area contributed by atoms with Gasteiger partial charge in [-0.05, 0) is 40.0 Å². The molecule has 0 amide bonds. The van der Waals surface area contributed by atoms with E-state index in [1.165, 1.54) is 16.1 Å². The lowest BCUT2D eigenvalue weighted by atomic mass is 10.1. The van der Waals surface area contributed by atoms with Gasteiger partial charge >= 0.3 is 0 Å². The van der Waals surface area contributed by atoms with Crippen molar-refractivity contribution in [2.24, 2.45) is 0 Å². The topological polar surface area (TPSA) is 21.3 Å². The van der Waals surface area contributed by atoms with Gasteiger partial charge in [0.1, 0.15) is 0 Å². The van der Waals surface area contributed by atoms with E-state index in [2.05, 4.69) is 57.0 Å². The molecule has 0 fully saturated rings. The second-order valence-corrected chi connectivity index (χ2v) is 5.90. The molecule has 0 bridgehead atoms. The van der Waals surface area contributed by atoms with Crippen LogP contribution in [0.5, 0.6) is 0 Å². The summed E-state index contributed by atoms with van der Waals surface area (Å²) in [5.41, 5.74) is 2.49. The first kappa shape index (κ1) is 13.6. The maximum Gasteiger partial charge on any atom is 0.0503 e. The Hall–Kier alpha value is -0.840. The zero-order chi connectivity index (χ0) is 12.8. The zero-order valence-corrected chi connectivity index (χ0v) is 12.7. The van der Waals surface area contributed by atoms with E-state index >= 15 is 0 Å². The molecule has 1 N–H and O–H groups in total. The van der Waals surface area contributed by atoms with Crippen molar-refractivity contribution < 1.29 is 4.74 Å². The standard InChI is InChI=1S/C14H16BrNOS/c1-17-7-6-11-4-2-3-5-14(11)16-9-13-8-12(15)10-18-13/h2-5,8,10,16H,6-7,9H2,1H3. The predicted molar refractivity (Wildman–Crippen MR) is 81.4 cm³/mol. The number of para-hydroxylation sites is 1. The number of benzene rings is 1. The summed E-state index contributed by atoms with van der Waals surface area (Å²) in [7, 11) is 1.74. The lowest BCUT2D eigenvalue weighted by Gasteiger charge is -2.10. The fourth-order valence-electron chi connectivity index (χ4n) is 1.75. The quantitative estimate of drug-likeness (QED) is 0.854. The molecule has 18 heavy (non-hydrogen) atoms. The van der Waals surface area contributed by atoms with E-state index in [1.54, 1.807) is 18.4 Å². The highest BCUT2D eigenvalue weighted by atomic mass is 79.9. The van der Waals surface area contributed by atoms with Crippen LogP contribution in [0.1, 0.15) is 10.4 Å². The van der Waals surface area contributed by atoms with Crippen molar-refractivity contribution in [3.63, 3.8) is 0 Å². The molecule has 1 aromatic heterocycles. The molecular formula is C14H16BrNOS. The summed E-state index contributed by atoms with van der Waals surface area (Å²) in [5.74, 6) is 0. The smallest absolute Gasteiger partial charge is 0.0503 e. The molecule has 0 atom stereocenters. The van der Waals surface area contributed by atoms with Crippen LogP contribution in [0.3, 0.4) is 0 Å². The number of methoxy groups -OCH3 is 1. The van der Waals surface area contributed by atoms with E-state index in [9.17, 15) is 0 Å². The van der Waals surface area contributed by atoms with Crippen LogP contribution in [0.15, 0.2) is 40.2 Å². The third kappa shape index (κ3) is 3.83. The molecule has 1 heterocycles. The molecule has 0 aliphatic rings. The average Bonchev–Trinajstić information content (AvgIpc) is 2.81. The van der Waals surface area contributed by atoms with Crippen LogP contribution in [0.25, 0.3) is 0 Å². The number of hydrogen-bond acceptors (Lipinski definition) is 3. The molecule has 0 saturated heterocycles. The first-order valence-corrected chi connectivity index (χ1v) is 7.50. The van der Waals surface area contributed by atoms with Gasteiger partial charge in [0, 0.05) is 34.1 Å². The molecule has 0 spiro atoms. The number of hydrogen-bond donors (Lipinski definition) is 1. The Kier molecular flexibility index (Phi) is 5.23. The molecule has 2 rings (SSSR count). The highest BCUT2D eigenvalue weighted by Crippen LogP contribution is 2.22. The van der Waals surface area contributed by atoms with Gasteiger partial charge in [-0.25, -0.2) is 0 Å². The minimum Gasteiger partial charge on any atom is -0.384 e. The molecule has 96 valence electrons. The normalized spacial score (nSPS) is 10.6. The number of halogens is 1. The fourth-order valence-corrected chi connectivity index (χ4v) is 3.14. The summed E-state index contributed by atoms with van der Waals surface area (Å²) in [6.07, 6.45) is 0.938. The second kappa shape index (κ2) is 6.92. The van der Waals surface area contributed by atoms with Crippen molar-refractivity contribution in [3.8, 4) is 0 Å². The minimum absolute atomic E-state index is 0.753. The Balaban J connectivity index is 1.99. The highest BCUT2D eigenvalue weighted by Gasteiger charge is 2.02. The lowest BCUT2D eigenvalue weighted by Crippen LogP contribution is -2.03. The van der Waals surface area contributed by atoms with Crippen LogP contribution in [0.4, 0.5) is 5.69 Å². The van der Waals surface area contributed by atoms with Crippen molar-refractivity contribution in [1.82, 2.24) is 0 Å². The SMILES string of the molecule is COCCc1ccccc1NCc1cc(Br)cs1. The van der Waals surface area contributed by atoms with Gasteiger partial charge < -0.3 is 10.1 Å². The van der Waals surface area contributed by atoms with Gasteiger partial charge in [-0.1, -0.05) is 18.2 Å². The maximum atomic E-state index is 5.13. The molecule has 2 aromatic rings. The average molecular weight is 326 g/mol. The van der Waals surface area contributed by atoms with Gasteiger partial charge in [0.15, 0.2) is 0 Å². The molecule has 2 nitrogen and oxygen atoms in total. The molecule has 0 radical (unpaired) electrons. The minimum atomic E-state index is 0.753. The number of nitrogens with one attached hydrogen (secondary N) is 1. The van der Waals surface area contributed by atoms with Crippen molar-refractivity contribution in [1.29, 1.82) is 0 Å². The Bertz CT molecular complexity index is 498. The lowest BCUT2D eigenvalue weighted by molar-refractivity contribution is 0.202. The Morgan fingerprint density at radius 2 is 2.17 bits per heavy atom. The molecule has 4 heteroatoms. The summed E-state index contributed by atoms with van der Waals surface area (Å²) >= 11 is 5.23. The van der Waals surface area contributed by atoms with Crippen LogP contribution in [0.2, 0.25) is 0 Å². The van der Waals surface area contributed by atoms with Crippen LogP contribution in [-0.4, -0.2) is 13.7 Å². The van der Waals surface area contributed by atoms with Gasteiger partial charge in [-0.2, -0.15) is 0 Å². The summed E-state index contributed by atoms with van der Waals surface area (Å²) in [5, 5.41) is 5.59. The number of ether oxygens (including phenoxy) is 1. The van der Waals surface area contributed by atoms with Crippen molar-refractivity contribution in [2.45, 2.75) is 13.0 Å². The van der Waals surface area contributed by atoms with Crippen molar-refractivity contribution >= 4 is 33.0 Å². The number of anilines is 1. The Morgan fingerprint density at radius 3 is 2.89 bits per heavy atom. The highest BCUT2D eigenvalue weighted by molar-refractivity contribution is 9.10. The summed E-state index contributed by atoms with van der Waals surface area (Å²) in [6, 6.07) is 10.5. The second-order valence-electron chi connectivity index (χ2n) is 3.98. The summed E-state index contributed by atoms with van der Waals surface area (Å²) < 4.78 is 6.28. The molecule has 1 aromatic carbocycles. The Morgan fingerprint density at radius 1 is 1.33 bits per heavy atom. The number of thiophene rings is 1. The van der Waals surface area contributed by atoms with Gasteiger partial charge in [0.25, 0.3) is 0 Å². The molecule has 0 aliphatic carbocycles. The van der Waals surface area contributed by atoms with Crippen molar-refractivity contribution in [2.75, 3.05) is 19.0 Å². The third-order valence-electron chi connectivity index (χ3n) is 2.67. The predicted octanol–water partition coefficient (Wildman–Crippen LogP) is 4.31. The third-order valence-corrected chi connectivity index (χ3v) is 4.37. The number of rotatable bonds is 6. The van der Waals surface area contributed by atoms with Crippen LogP contribution < -0.4 is 5.32 Å². The maximum absolute atomic E-state index is 5.13. The van der Waals surface area contributed by atoms with Gasteiger partial charge in [0.05, 0.1) is 6.61 Å². The van der Waals surface area contributed by atoms with Gasteiger partial charge in [0.2, 0.25) is 0 Å². The Labute approximate surface area is 120 Å². The van der Waals surface area contributed by atoms with Crippen LogP contribution in [-0.2, 0) is 17.7 Å². The summed E-state index contributed by atoms with van der Waals surface area (Å²) in [4.78, 5) is 1.32. The largest absolute Gasteiger partial charge is 0.384 e. The van der Waals surface area contributed by atoms with E-state index in [0.29, 0.717) is 0 Å². The fraction of sp³-hybridized carbons (Fsp3) is 0.286. The van der Waals surface area contributed by atoms with E-state index in [0.717, 1.165) is 24.0 Å². The molecule has 0 unspecified atom stereocenters. The molecule has 0 saturated carbocycles. The molecule has 0 aliphatic heterocycles. The van der Waals surface area contributed by atoms with E-state index in [-0.39, 0.29) is 0 Å². The van der Waals surface area contributed by atoms with E-state index < -0.39 is 0 Å². The first-order valence-electron chi connectivity index (χ1n) is 5.83.